The third kappa shape index (κ3) is 4.93. The van der Waals surface area contributed by atoms with Gasteiger partial charge < -0.3 is 10.4 Å². The lowest BCUT2D eigenvalue weighted by molar-refractivity contribution is -0.135. The summed E-state index contributed by atoms with van der Waals surface area (Å²) >= 11 is 0. The van der Waals surface area contributed by atoms with Gasteiger partial charge in [-0.2, -0.15) is 0 Å². The molecule has 0 aromatic heterocycles. The molecule has 0 fully saturated rings. The minimum atomic E-state index is -1.02. The average Bonchev–Trinajstić information content (AvgIpc) is 2.15. The molecule has 15 heavy (non-hydrogen) atoms. The normalized spacial score (nSPS) is 13.4. The fourth-order valence-corrected chi connectivity index (χ4v) is 1.01. The van der Waals surface area contributed by atoms with Crippen LogP contribution in [0.4, 0.5) is 0 Å². The van der Waals surface area contributed by atoms with Crippen molar-refractivity contribution in [2.24, 2.45) is 5.41 Å². The Labute approximate surface area is 91.1 Å². The minimum absolute atomic E-state index is 0.0274. The van der Waals surface area contributed by atoms with Gasteiger partial charge in [-0.3, -0.25) is 9.59 Å². The number of rotatable bonds is 6. The van der Waals surface area contributed by atoms with Gasteiger partial charge in [0.1, 0.15) is 11.9 Å². The van der Waals surface area contributed by atoms with Crippen LogP contribution in [0.3, 0.4) is 0 Å². The van der Waals surface area contributed by atoms with E-state index in [1.807, 2.05) is 20.8 Å². The van der Waals surface area contributed by atoms with Crippen molar-refractivity contribution in [2.45, 2.75) is 46.6 Å². The number of aliphatic hydroxyl groups is 1. The highest BCUT2D eigenvalue weighted by molar-refractivity contribution is 5.82. The van der Waals surface area contributed by atoms with Crippen LogP contribution < -0.4 is 5.32 Å². The molecule has 1 amide bonds. The predicted octanol–water partition coefficient (Wildman–Crippen LogP) is 0.879. The number of carbonyl (C=O) groups is 2. The van der Waals surface area contributed by atoms with Crippen LogP contribution in [0.5, 0.6) is 0 Å². The van der Waals surface area contributed by atoms with E-state index in [0.29, 0.717) is 19.4 Å². The van der Waals surface area contributed by atoms with Crippen molar-refractivity contribution < 1.29 is 14.7 Å². The van der Waals surface area contributed by atoms with Crippen LogP contribution >= 0.6 is 0 Å². The van der Waals surface area contributed by atoms with Crippen LogP contribution in [0.15, 0.2) is 0 Å². The van der Waals surface area contributed by atoms with E-state index in [2.05, 4.69) is 5.32 Å². The number of amides is 1. The van der Waals surface area contributed by atoms with Gasteiger partial charge >= 0.3 is 0 Å². The van der Waals surface area contributed by atoms with Gasteiger partial charge in [0.2, 0.25) is 5.91 Å². The van der Waals surface area contributed by atoms with Gasteiger partial charge in [-0.15, -0.1) is 0 Å². The molecule has 0 heterocycles. The van der Waals surface area contributed by atoms with Crippen LogP contribution in [0.2, 0.25) is 0 Å². The lowest BCUT2D eigenvalue weighted by Crippen LogP contribution is -2.44. The zero-order chi connectivity index (χ0) is 12.1. The maximum absolute atomic E-state index is 11.5. The SMILES string of the molecule is CCC(C)(C)C(O)C(=O)NCCC(C)=O. The van der Waals surface area contributed by atoms with Gasteiger partial charge in [0, 0.05) is 13.0 Å². The smallest absolute Gasteiger partial charge is 0.249 e. The molecule has 4 nitrogen and oxygen atoms in total. The molecule has 0 aliphatic heterocycles. The molecule has 0 aromatic carbocycles. The molecule has 88 valence electrons. The van der Waals surface area contributed by atoms with Gasteiger partial charge in [-0.25, -0.2) is 0 Å². The van der Waals surface area contributed by atoms with Crippen LogP contribution in [0.25, 0.3) is 0 Å². The Morgan fingerprint density at radius 1 is 1.40 bits per heavy atom. The van der Waals surface area contributed by atoms with Crippen molar-refractivity contribution in [1.29, 1.82) is 0 Å². The second-order valence-electron chi connectivity index (χ2n) is 4.49. The van der Waals surface area contributed by atoms with Crippen LogP contribution in [0, 0.1) is 5.41 Å². The second kappa shape index (κ2) is 5.85. The Hall–Kier alpha value is -0.900. The fraction of sp³-hybridized carbons (Fsp3) is 0.818. The summed E-state index contributed by atoms with van der Waals surface area (Å²) in [4.78, 5) is 22.1. The molecular weight excluding hydrogens is 194 g/mol. The van der Waals surface area contributed by atoms with Gasteiger partial charge in [-0.1, -0.05) is 20.8 Å². The highest BCUT2D eigenvalue weighted by Crippen LogP contribution is 2.24. The van der Waals surface area contributed by atoms with E-state index < -0.39 is 17.4 Å². The van der Waals surface area contributed by atoms with Crippen molar-refractivity contribution in [3.05, 3.63) is 0 Å². The minimum Gasteiger partial charge on any atom is -0.383 e. The first-order chi connectivity index (χ1) is 6.81. The molecule has 0 radical (unpaired) electrons. The first-order valence-electron chi connectivity index (χ1n) is 5.26. The number of Topliss-reactive ketones (excluding diaryl/α,β-unsaturated/α-hetero) is 1. The van der Waals surface area contributed by atoms with Crippen molar-refractivity contribution in [1.82, 2.24) is 5.32 Å². The molecule has 0 spiro atoms. The Morgan fingerprint density at radius 2 is 1.93 bits per heavy atom. The van der Waals surface area contributed by atoms with E-state index >= 15 is 0 Å². The average molecular weight is 215 g/mol. The first kappa shape index (κ1) is 14.1. The first-order valence-corrected chi connectivity index (χ1v) is 5.26. The summed E-state index contributed by atoms with van der Waals surface area (Å²) in [5.41, 5.74) is -0.430. The molecule has 0 saturated heterocycles. The lowest BCUT2D eigenvalue weighted by Gasteiger charge is -2.27. The molecule has 0 aliphatic rings. The maximum atomic E-state index is 11.5. The summed E-state index contributed by atoms with van der Waals surface area (Å²) < 4.78 is 0. The van der Waals surface area contributed by atoms with Gasteiger partial charge in [0.15, 0.2) is 0 Å². The molecule has 1 atom stereocenters. The predicted molar refractivity (Wildman–Crippen MR) is 58.4 cm³/mol. The number of hydrogen-bond acceptors (Lipinski definition) is 3. The third-order valence-electron chi connectivity index (χ3n) is 2.68. The summed E-state index contributed by atoms with van der Waals surface area (Å²) in [5.74, 6) is -0.373. The summed E-state index contributed by atoms with van der Waals surface area (Å²) in [6.07, 6.45) is 0.00807. The lowest BCUT2D eigenvalue weighted by atomic mass is 9.83. The van der Waals surface area contributed by atoms with E-state index in [1.165, 1.54) is 6.92 Å². The number of hydrogen-bond donors (Lipinski definition) is 2. The molecule has 4 heteroatoms. The molecule has 0 bridgehead atoms. The molecule has 0 aromatic rings. The Balaban J connectivity index is 4.05. The number of carbonyl (C=O) groups excluding carboxylic acids is 2. The van der Waals surface area contributed by atoms with Crippen molar-refractivity contribution >= 4 is 11.7 Å². The van der Waals surface area contributed by atoms with E-state index in [0.717, 1.165) is 0 Å². The number of nitrogens with one attached hydrogen (secondary N) is 1. The highest BCUT2D eigenvalue weighted by atomic mass is 16.3. The Kier molecular flexibility index (Phi) is 5.50. The zero-order valence-corrected chi connectivity index (χ0v) is 9.96. The molecule has 0 saturated carbocycles. The molecule has 1 unspecified atom stereocenters. The van der Waals surface area contributed by atoms with E-state index in [-0.39, 0.29) is 5.78 Å². The van der Waals surface area contributed by atoms with E-state index in [1.54, 1.807) is 0 Å². The van der Waals surface area contributed by atoms with E-state index in [9.17, 15) is 14.7 Å². The van der Waals surface area contributed by atoms with E-state index in [4.69, 9.17) is 0 Å². The number of ketones is 1. The highest BCUT2D eigenvalue weighted by Gasteiger charge is 2.31. The monoisotopic (exact) mass is 215 g/mol. The second-order valence-corrected chi connectivity index (χ2v) is 4.49. The summed E-state index contributed by atoms with van der Waals surface area (Å²) in [5, 5.41) is 12.3. The molecule has 2 N–H and O–H groups in total. The van der Waals surface area contributed by atoms with Gasteiger partial charge in [0.05, 0.1) is 0 Å². The summed E-state index contributed by atoms with van der Waals surface area (Å²) in [6.45, 7) is 7.36. The summed E-state index contributed by atoms with van der Waals surface area (Å²) in [7, 11) is 0. The van der Waals surface area contributed by atoms with Crippen LogP contribution in [0.1, 0.15) is 40.5 Å². The molecule has 0 rings (SSSR count). The Morgan fingerprint density at radius 3 is 2.33 bits per heavy atom. The van der Waals surface area contributed by atoms with Crippen molar-refractivity contribution in [3.63, 3.8) is 0 Å². The largest absolute Gasteiger partial charge is 0.383 e. The maximum Gasteiger partial charge on any atom is 0.249 e. The zero-order valence-electron chi connectivity index (χ0n) is 9.96. The number of aliphatic hydroxyl groups excluding tert-OH is 1. The quantitative estimate of drug-likeness (QED) is 0.691. The van der Waals surface area contributed by atoms with Crippen molar-refractivity contribution in [3.8, 4) is 0 Å². The third-order valence-corrected chi connectivity index (χ3v) is 2.68. The topological polar surface area (TPSA) is 66.4 Å². The standard InChI is InChI=1S/C11H21NO3/c1-5-11(3,4)9(14)10(15)12-7-6-8(2)13/h9,14H,5-7H2,1-4H3,(H,12,15). The Bertz CT molecular complexity index is 236. The van der Waals surface area contributed by atoms with Crippen molar-refractivity contribution in [2.75, 3.05) is 6.54 Å². The van der Waals surface area contributed by atoms with Gasteiger partial charge in [0.25, 0.3) is 0 Å². The van der Waals surface area contributed by atoms with Crippen LogP contribution in [-0.4, -0.2) is 29.4 Å². The van der Waals surface area contributed by atoms with Crippen LogP contribution in [-0.2, 0) is 9.59 Å². The fourth-order valence-electron chi connectivity index (χ4n) is 1.01. The molecular formula is C11H21NO3. The molecule has 0 aliphatic carbocycles. The van der Waals surface area contributed by atoms with Gasteiger partial charge in [-0.05, 0) is 18.8 Å². The summed E-state index contributed by atoms with van der Waals surface area (Å²) in [6, 6.07) is 0.